The molecule has 0 spiro atoms. The fraction of sp³-hybridized carbons (Fsp3) is 0.600. The molecule has 50 valence electrons. The van der Waals surface area contributed by atoms with Crippen molar-refractivity contribution in [3.05, 3.63) is 12.2 Å². The molecule has 0 aliphatic carbocycles. The fourth-order valence-corrected chi connectivity index (χ4v) is 0.563. The summed E-state index contributed by atoms with van der Waals surface area (Å²) >= 11 is 0. The zero-order chi connectivity index (χ0) is 6.53. The van der Waals surface area contributed by atoms with Gasteiger partial charge in [-0.2, -0.15) is 4.98 Å². The Morgan fingerprint density at radius 2 is 2.56 bits per heavy atom. The van der Waals surface area contributed by atoms with E-state index in [1.165, 1.54) is 6.39 Å². The Kier molecular flexibility index (Phi) is 2.21. The van der Waals surface area contributed by atoms with Gasteiger partial charge in [-0.15, -0.1) is 0 Å². The maximum atomic E-state index is 5.26. The smallest absolute Gasteiger partial charge is 0.213 e. The first kappa shape index (κ1) is 6.22. The highest BCUT2D eigenvalue weighted by Crippen LogP contribution is 1.91. The lowest BCUT2D eigenvalue weighted by Crippen LogP contribution is -2.00. The van der Waals surface area contributed by atoms with Crippen molar-refractivity contribution in [3.63, 3.8) is 0 Å². The molecule has 0 amide bonds. The number of rotatable bonds is 3. The maximum absolute atomic E-state index is 5.26. The molecule has 0 saturated carbocycles. The minimum Gasteiger partial charge on any atom is -0.343 e. The molecule has 0 atom stereocenters. The van der Waals surface area contributed by atoms with Gasteiger partial charge < -0.3 is 10.3 Å². The van der Waals surface area contributed by atoms with Crippen LogP contribution in [-0.2, 0) is 6.42 Å². The van der Waals surface area contributed by atoms with Crippen LogP contribution in [0.4, 0.5) is 0 Å². The average Bonchev–Trinajstić information content (AvgIpc) is 2.34. The first-order valence-corrected chi connectivity index (χ1v) is 2.89. The van der Waals surface area contributed by atoms with E-state index in [0.717, 1.165) is 18.7 Å². The van der Waals surface area contributed by atoms with Crippen LogP contribution in [0.5, 0.6) is 0 Å². The van der Waals surface area contributed by atoms with Crippen LogP contribution in [0.15, 0.2) is 10.9 Å². The molecule has 9 heavy (non-hydrogen) atoms. The van der Waals surface area contributed by atoms with Crippen molar-refractivity contribution >= 4 is 0 Å². The molecule has 1 rings (SSSR count). The number of aryl methyl sites for hydroxylation is 1. The van der Waals surface area contributed by atoms with E-state index in [0.29, 0.717) is 6.54 Å². The number of nitrogens with zero attached hydrogens (tertiary/aromatic N) is 2. The van der Waals surface area contributed by atoms with Crippen molar-refractivity contribution in [3.8, 4) is 0 Å². The van der Waals surface area contributed by atoms with E-state index in [-0.39, 0.29) is 0 Å². The van der Waals surface area contributed by atoms with Crippen molar-refractivity contribution in [1.82, 2.24) is 10.1 Å². The molecule has 1 aromatic rings. The van der Waals surface area contributed by atoms with Crippen LogP contribution in [-0.4, -0.2) is 16.7 Å². The Balaban J connectivity index is 2.30. The third kappa shape index (κ3) is 1.81. The van der Waals surface area contributed by atoms with E-state index in [4.69, 9.17) is 5.73 Å². The molecule has 4 heteroatoms. The Morgan fingerprint density at radius 1 is 1.67 bits per heavy atom. The monoisotopic (exact) mass is 127 g/mol. The lowest BCUT2D eigenvalue weighted by Gasteiger charge is -1.87. The summed E-state index contributed by atoms with van der Waals surface area (Å²) in [7, 11) is 0. The topological polar surface area (TPSA) is 64.9 Å². The minimum absolute atomic E-state index is 0.675. The third-order valence-corrected chi connectivity index (χ3v) is 1.01. The molecule has 0 unspecified atom stereocenters. The van der Waals surface area contributed by atoms with Gasteiger partial charge in [-0.1, -0.05) is 5.16 Å². The minimum atomic E-state index is 0.675. The van der Waals surface area contributed by atoms with Gasteiger partial charge in [-0.05, 0) is 13.0 Å². The van der Waals surface area contributed by atoms with E-state index in [9.17, 15) is 0 Å². The molecular formula is C5H9N3O. The average molecular weight is 127 g/mol. The molecule has 0 aromatic carbocycles. The summed E-state index contributed by atoms with van der Waals surface area (Å²) in [6.45, 7) is 0.675. The first-order chi connectivity index (χ1) is 4.43. The van der Waals surface area contributed by atoms with Gasteiger partial charge in [0.2, 0.25) is 6.39 Å². The number of nitrogens with two attached hydrogens (primary N) is 1. The Labute approximate surface area is 53.1 Å². The van der Waals surface area contributed by atoms with Gasteiger partial charge in [-0.25, -0.2) is 0 Å². The summed E-state index contributed by atoms with van der Waals surface area (Å²) in [4.78, 5) is 3.82. The van der Waals surface area contributed by atoms with Crippen LogP contribution in [0.3, 0.4) is 0 Å². The second-order valence-electron chi connectivity index (χ2n) is 1.74. The quantitative estimate of drug-likeness (QED) is 0.618. The normalized spacial score (nSPS) is 9.89. The molecule has 2 N–H and O–H groups in total. The zero-order valence-electron chi connectivity index (χ0n) is 5.08. The Bertz CT molecular complexity index is 149. The summed E-state index contributed by atoms with van der Waals surface area (Å²) in [6.07, 6.45) is 3.05. The van der Waals surface area contributed by atoms with Gasteiger partial charge >= 0.3 is 0 Å². The Hall–Kier alpha value is -0.900. The van der Waals surface area contributed by atoms with Gasteiger partial charge in [0.15, 0.2) is 5.82 Å². The van der Waals surface area contributed by atoms with E-state index in [1.54, 1.807) is 0 Å². The molecule has 0 saturated heterocycles. The molecule has 0 aliphatic heterocycles. The lowest BCUT2D eigenvalue weighted by molar-refractivity contribution is 0.409. The van der Waals surface area contributed by atoms with Crippen LogP contribution in [0.1, 0.15) is 12.2 Å². The summed E-state index contributed by atoms with van der Waals surface area (Å²) in [5, 5.41) is 3.61. The number of aromatic nitrogens is 2. The molecule has 0 aliphatic rings. The predicted octanol–water partition coefficient (Wildman–Crippen LogP) is -0.0391. The summed E-state index contributed by atoms with van der Waals surface area (Å²) in [5.74, 6) is 0.737. The number of hydrogen-bond donors (Lipinski definition) is 1. The van der Waals surface area contributed by atoms with Crippen molar-refractivity contribution in [2.75, 3.05) is 6.54 Å². The van der Waals surface area contributed by atoms with E-state index < -0.39 is 0 Å². The lowest BCUT2D eigenvalue weighted by atomic mass is 10.3. The van der Waals surface area contributed by atoms with Crippen molar-refractivity contribution in [1.29, 1.82) is 0 Å². The van der Waals surface area contributed by atoms with Crippen LogP contribution in [0, 0.1) is 0 Å². The van der Waals surface area contributed by atoms with Gasteiger partial charge in [0, 0.05) is 6.42 Å². The summed E-state index contributed by atoms with van der Waals surface area (Å²) in [5.41, 5.74) is 5.26. The van der Waals surface area contributed by atoms with Crippen molar-refractivity contribution < 1.29 is 4.52 Å². The molecule has 1 heterocycles. The van der Waals surface area contributed by atoms with Crippen LogP contribution in [0.2, 0.25) is 0 Å². The predicted molar refractivity (Wildman–Crippen MR) is 31.7 cm³/mol. The van der Waals surface area contributed by atoms with Crippen molar-refractivity contribution in [2.24, 2.45) is 5.73 Å². The molecule has 0 radical (unpaired) electrons. The largest absolute Gasteiger partial charge is 0.343 e. The number of hydrogen-bond acceptors (Lipinski definition) is 4. The SMILES string of the molecule is NCCCc1ncon1. The molecule has 0 fully saturated rings. The van der Waals surface area contributed by atoms with E-state index >= 15 is 0 Å². The summed E-state index contributed by atoms with van der Waals surface area (Å²) < 4.78 is 4.51. The van der Waals surface area contributed by atoms with Gasteiger partial charge in [0.25, 0.3) is 0 Å². The second kappa shape index (κ2) is 3.19. The zero-order valence-corrected chi connectivity index (χ0v) is 5.08. The molecular weight excluding hydrogens is 118 g/mol. The van der Waals surface area contributed by atoms with Crippen LogP contribution < -0.4 is 5.73 Å². The van der Waals surface area contributed by atoms with E-state index in [2.05, 4.69) is 14.7 Å². The van der Waals surface area contributed by atoms with Gasteiger partial charge in [-0.3, -0.25) is 0 Å². The van der Waals surface area contributed by atoms with Crippen LogP contribution in [0.25, 0.3) is 0 Å². The standard InChI is InChI=1S/C5H9N3O/c6-3-1-2-5-7-4-9-8-5/h4H,1-3,6H2. The second-order valence-corrected chi connectivity index (χ2v) is 1.74. The van der Waals surface area contributed by atoms with E-state index in [1.807, 2.05) is 0 Å². The molecule has 0 bridgehead atoms. The van der Waals surface area contributed by atoms with Gasteiger partial charge in [0.1, 0.15) is 0 Å². The van der Waals surface area contributed by atoms with Crippen LogP contribution >= 0.6 is 0 Å². The highest BCUT2D eigenvalue weighted by molar-refractivity contribution is 4.76. The third-order valence-electron chi connectivity index (χ3n) is 1.01. The van der Waals surface area contributed by atoms with Gasteiger partial charge in [0.05, 0.1) is 0 Å². The summed E-state index contributed by atoms with van der Waals surface area (Å²) in [6, 6.07) is 0. The highest BCUT2D eigenvalue weighted by atomic mass is 16.5. The van der Waals surface area contributed by atoms with Crippen molar-refractivity contribution in [2.45, 2.75) is 12.8 Å². The maximum Gasteiger partial charge on any atom is 0.213 e. The first-order valence-electron chi connectivity index (χ1n) is 2.89. The Morgan fingerprint density at radius 3 is 3.11 bits per heavy atom. The highest BCUT2D eigenvalue weighted by Gasteiger charge is 1.94. The fourth-order valence-electron chi connectivity index (χ4n) is 0.563. The molecule has 4 nitrogen and oxygen atoms in total. The molecule has 1 aromatic heterocycles.